The van der Waals surface area contributed by atoms with Crippen molar-refractivity contribution >= 4 is 29.9 Å². The van der Waals surface area contributed by atoms with E-state index in [9.17, 15) is 4.39 Å². The van der Waals surface area contributed by atoms with Gasteiger partial charge in [0.05, 0.1) is 12.7 Å². The van der Waals surface area contributed by atoms with Gasteiger partial charge in [-0.1, -0.05) is 12.1 Å². The Hall–Kier alpha value is -1.64. The van der Waals surface area contributed by atoms with Gasteiger partial charge in [-0.3, -0.25) is 9.67 Å². The first kappa shape index (κ1) is 21.7. The molecule has 5 nitrogen and oxygen atoms in total. The number of nitrogens with one attached hydrogen (secondary N) is 2. The van der Waals surface area contributed by atoms with Crippen LogP contribution in [0, 0.1) is 5.82 Å². The molecule has 27 heavy (non-hydrogen) atoms. The van der Waals surface area contributed by atoms with Crippen LogP contribution in [0.3, 0.4) is 0 Å². The third-order valence-electron chi connectivity index (χ3n) is 4.87. The third-order valence-corrected chi connectivity index (χ3v) is 4.87. The quantitative estimate of drug-likeness (QED) is 0.261. The Balaban J connectivity index is 0.00000261. The van der Waals surface area contributed by atoms with E-state index in [-0.39, 0.29) is 35.2 Å². The molecule has 2 aromatic rings. The van der Waals surface area contributed by atoms with Gasteiger partial charge in [0.1, 0.15) is 5.82 Å². The van der Waals surface area contributed by atoms with Crippen molar-refractivity contribution in [1.82, 2.24) is 20.4 Å². The zero-order chi connectivity index (χ0) is 18.4. The third kappa shape index (κ3) is 6.19. The first-order chi connectivity index (χ1) is 12.6. The fourth-order valence-electron chi connectivity index (χ4n) is 3.18. The maximum absolute atomic E-state index is 13.5. The molecule has 1 aliphatic carbocycles. The number of aromatic nitrogens is 2. The van der Waals surface area contributed by atoms with E-state index in [1.807, 2.05) is 24.0 Å². The first-order valence-electron chi connectivity index (χ1n) is 9.37. The number of aliphatic imine (C=N–C) groups is 1. The van der Waals surface area contributed by atoms with E-state index < -0.39 is 0 Å². The lowest BCUT2D eigenvalue weighted by Gasteiger charge is -2.16. The summed E-state index contributed by atoms with van der Waals surface area (Å²) in [5.74, 6) is 0.666. The van der Waals surface area contributed by atoms with Crippen LogP contribution in [0.15, 0.2) is 41.7 Å². The molecule has 0 saturated heterocycles. The molecular weight excluding hydrogens is 456 g/mol. The molecule has 1 aromatic heterocycles. The zero-order valence-electron chi connectivity index (χ0n) is 16.0. The Labute approximate surface area is 177 Å². The molecule has 0 bridgehead atoms. The molecule has 0 unspecified atom stereocenters. The lowest BCUT2D eigenvalue weighted by molar-refractivity contribution is 0.615. The number of benzene rings is 1. The smallest absolute Gasteiger partial charge is 0.191 e. The summed E-state index contributed by atoms with van der Waals surface area (Å²) in [5.41, 5.74) is 2.33. The standard InChI is InChI=1S/C20H28FN5.HI/c1-3-22-19(23-11-5-6-16-13-25-26(2)14-16)24-15-20(9-10-20)17-7-4-8-18(21)12-17;/h4,7-8,12-14H,3,5-6,9-11,15H2,1-2H3,(H2,22,23,24);1H. The van der Waals surface area contributed by atoms with Crippen LogP contribution in [0.2, 0.25) is 0 Å². The molecule has 0 spiro atoms. The molecule has 1 heterocycles. The van der Waals surface area contributed by atoms with Gasteiger partial charge in [0, 0.05) is 31.7 Å². The second-order valence-corrected chi connectivity index (χ2v) is 7.04. The van der Waals surface area contributed by atoms with E-state index in [2.05, 4.69) is 28.9 Å². The van der Waals surface area contributed by atoms with Gasteiger partial charge in [0.2, 0.25) is 0 Å². The highest BCUT2D eigenvalue weighted by Crippen LogP contribution is 2.48. The maximum atomic E-state index is 13.5. The number of aryl methyl sites for hydroxylation is 2. The predicted octanol–water partition coefficient (Wildman–Crippen LogP) is 3.40. The van der Waals surface area contributed by atoms with Crippen LogP contribution < -0.4 is 10.6 Å². The molecule has 3 rings (SSSR count). The van der Waals surface area contributed by atoms with Gasteiger partial charge in [-0.15, -0.1) is 24.0 Å². The maximum Gasteiger partial charge on any atom is 0.191 e. The van der Waals surface area contributed by atoms with Crippen molar-refractivity contribution in [2.75, 3.05) is 19.6 Å². The fraction of sp³-hybridized carbons (Fsp3) is 0.500. The minimum atomic E-state index is -0.168. The molecule has 7 heteroatoms. The number of halogens is 2. The minimum absolute atomic E-state index is 0. The topological polar surface area (TPSA) is 54.2 Å². The van der Waals surface area contributed by atoms with Crippen LogP contribution in [-0.2, 0) is 18.9 Å². The lowest BCUT2D eigenvalue weighted by Crippen LogP contribution is -2.38. The zero-order valence-corrected chi connectivity index (χ0v) is 18.4. The van der Waals surface area contributed by atoms with Crippen LogP contribution in [0.4, 0.5) is 4.39 Å². The molecule has 1 fully saturated rings. The summed E-state index contributed by atoms with van der Waals surface area (Å²) in [7, 11) is 1.93. The molecule has 0 amide bonds. The molecule has 1 saturated carbocycles. The molecular formula is C20H29FIN5. The highest BCUT2D eigenvalue weighted by molar-refractivity contribution is 14.0. The fourth-order valence-corrected chi connectivity index (χ4v) is 3.18. The van der Waals surface area contributed by atoms with Gasteiger partial charge < -0.3 is 10.6 Å². The van der Waals surface area contributed by atoms with Gasteiger partial charge in [-0.05, 0) is 55.9 Å². The Morgan fingerprint density at radius 2 is 2.15 bits per heavy atom. The molecule has 148 valence electrons. The highest BCUT2D eigenvalue weighted by atomic mass is 127. The van der Waals surface area contributed by atoms with Crippen LogP contribution in [0.5, 0.6) is 0 Å². The van der Waals surface area contributed by atoms with E-state index in [1.54, 1.807) is 12.1 Å². The van der Waals surface area contributed by atoms with E-state index in [4.69, 9.17) is 4.99 Å². The minimum Gasteiger partial charge on any atom is -0.357 e. The molecule has 0 atom stereocenters. The SMILES string of the molecule is CCNC(=NCC1(c2cccc(F)c2)CC1)NCCCc1cnn(C)c1.I. The van der Waals surface area contributed by atoms with Gasteiger partial charge in [0.15, 0.2) is 5.96 Å². The average Bonchev–Trinajstić information content (AvgIpc) is 3.31. The van der Waals surface area contributed by atoms with E-state index in [0.29, 0.717) is 6.54 Å². The molecule has 1 aliphatic rings. The van der Waals surface area contributed by atoms with Gasteiger partial charge in [0.25, 0.3) is 0 Å². The number of guanidine groups is 1. The summed E-state index contributed by atoms with van der Waals surface area (Å²) in [6, 6.07) is 6.95. The van der Waals surface area contributed by atoms with Crippen molar-refractivity contribution in [2.24, 2.45) is 12.0 Å². The monoisotopic (exact) mass is 485 g/mol. The van der Waals surface area contributed by atoms with Crippen LogP contribution in [0.1, 0.15) is 37.3 Å². The number of rotatable bonds is 8. The van der Waals surface area contributed by atoms with E-state index >= 15 is 0 Å². The van der Waals surface area contributed by atoms with Gasteiger partial charge in [-0.25, -0.2) is 4.39 Å². The van der Waals surface area contributed by atoms with Crippen LogP contribution >= 0.6 is 24.0 Å². The van der Waals surface area contributed by atoms with Crippen molar-refractivity contribution < 1.29 is 4.39 Å². The highest BCUT2D eigenvalue weighted by Gasteiger charge is 2.44. The second-order valence-electron chi connectivity index (χ2n) is 7.04. The molecule has 0 aliphatic heterocycles. The summed E-state index contributed by atoms with van der Waals surface area (Å²) in [6.07, 6.45) is 8.11. The summed E-state index contributed by atoms with van der Waals surface area (Å²) >= 11 is 0. The molecule has 0 radical (unpaired) electrons. The van der Waals surface area contributed by atoms with Crippen molar-refractivity contribution in [3.63, 3.8) is 0 Å². The van der Waals surface area contributed by atoms with E-state index in [0.717, 1.165) is 50.3 Å². The number of nitrogens with zero attached hydrogens (tertiary/aromatic N) is 3. The largest absolute Gasteiger partial charge is 0.357 e. The summed E-state index contributed by atoms with van der Waals surface area (Å²) in [6.45, 7) is 4.43. The Bertz CT molecular complexity index is 754. The Kier molecular flexibility index (Phi) is 8.07. The van der Waals surface area contributed by atoms with Gasteiger partial charge >= 0.3 is 0 Å². The summed E-state index contributed by atoms with van der Waals surface area (Å²) in [5, 5.41) is 10.9. The molecule has 2 N–H and O–H groups in total. The Morgan fingerprint density at radius 1 is 1.33 bits per heavy atom. The molecule has 1 aromatic carbocycles. The number of hydrogen-bond acceptors (Lipinski definition) is 2. The lowest BCUT2D eigenvalue weighted by atomic mass is 9.96. The van der Waals surface area contributed by atoms with Crippen LogP contribution in [-0.4, -0.2) is 35.4 Å². The first-order valence-corrected chi connectivity index (χ1v) is 9.37. The van der Waals surface area contributed by atoms with Crippen molar-refractivity contribution in [3.8, 4) is 0 Å². The summed E-state index contributed by atoms with van der Waals surface area (Å²) in [4.78, 5) is 4.76. The van der Waals surface area contributed by atoms with Crippen molar-refractivity contribution in [3.05, 3.63) is 53.6 Å². The number of hydrogen-bond donors (Lipinski definition) is 2. The second kappa shape index (κ2) is 10.1. The predicted molar refractivity (Wildman–Crippen MR) is 118 cm³/mol. The van der Waals surface area contributed by atoms with Crippen molar-refractivity contribution in [2.45, 2.75) is 38.0 Å². The summed E-state index contributed by atoms with van der Waals surface area (Å²) < 4.78 is 15.4. The normalized spacial score (nSPS) is 15.1. The van der Waals surface area contributed by atoms with Gasteiger partial charge in [-0.2, -0.15) is 5.10 Å². The Morgan fingerprint density at radius 3 is 2.78 bits per heavy atom. The van der Waals surface area contributed by atoms with Crippen molar-refractivity contribution in [1.29, 1.82) is 0 Å². The van der Waals surface area contributed by atoms with E-state index in [1.165, 1.54) is 11.6 Å². The van der Waals surface area contributed by atoms with Crippen LogP contribution in [0.25, 0.3) is 0 Å². The average molecular weight is 485 g/mol.